The van der Waals surface area contributed by atoms with Gasteiger partial charge in [0.25, 0.3) is 0 Å². The minimum absolute atomic E-state index is 0.331. The Morgan fingerprint density at radius 3 is 2.64 bits per heavy atom. The number of hydrogen-bond donors (Lipinski definition) is 0. The van der Waals surface area contributed by atoms with Crippen molar-refractivity contribution in [3.8, 4) is 11.8 Å². The van der Waals surface area contributed by atoms with Crippen LogP contribution in [0.3, 0.4) is 0 Å². The molecule has 0 radical (unpaired) electrons. The molecule has 0 aliphatic carbocycles. The number of rotatable bonds is 4. The molecule has 0 bridgehead atoms. The first-order valence-electron chi connectivity index (χ1n) is 4.96. The van der Waals surface area contributed by atoms with Crippen molar-refractivity contribution in [1.29, 1.82) is 5.26 Å². The summed E-state index contributed by atoms with van der Waals surface area (Å²) in [7, 11) is 0. The third-order valence-corrected chi connectivity index (χ3v) is 2.14. The summed E-state index contributed by atoms with van der Waals surface area (Å²) in [5.41, 5.74) is 1.15. The van der Waals surface area contributed by atoms with E-state index in [9.17, 15) is 0 Å². The van der Waals surface area contributed by atoms with E-state index in [-0.39, 0.29) is 6.10 Å². The molecule has 2 heteroatoms. The molecule has 1 rings (SSSR count). The standard InChI is InChI=1S/C12H15NO/c1-3-10-7-5-6-8-12(10)14-11(4-2)9-13/h5-8,11H,3-4H2,1-2H3. The topological polar surface area (TPSA) is 33.0 Å². The number of ether oxygens (including phenoxy) is 1. The maximum atomic E-state index is 8.78. The van der Waals surface area contributed by atoms with E-state index in [2.05, 4.69) is 13.0 Å². The largest absolute Gasteiger partial charge is 0.475 e. The SMILES string of the molecule is CCc1ccccc1OC(C#N)CC. The third kappa shape index (κ3) is 2.50. The van der Waals surface area contributed by atoms with Crippen LogP contribution < -0.4 is 4.74 Å². The molecule has 0 heterocycles. The molecule has 0 spiro atoms. The van der Waals surface area contributed by atoms with E-state index in [1.165, 1.54) is 0 Å². The second-order valence-electron chi connectivity index (χ2n) is 3.11. The van der Waals surface area contributed by atoms with Crippen LogP contribution >= 0.6 is 0 Å². The number of benzene rings is 1. The van der Waals surface area contributed by atoms with Crippen LogP contribution in [0.4, 0.5) is 0 Å². The zero-order valence-corrected chi connectivity index (χ0v) is 8.66. The van der Waals surface area contributed by atoms with E-state index >= 15 is 0 Å². The summed E-state index contributed by atoms with van der Waals surface area (Å²) in [5.74, 6) is 0.836. The summed E-state index contributed by atoms with van der Waals surface area (Å²) in [6.45, 7) is 4.03. The molecule has 1 unspecified atom stereocenters. The first-order chi connectivity index (χ1) is 6.81. The molecule has 0 aliphatic rings. The lowest BCUT2D eigenvalue weighted by molar-refractivity contribution is 0.249. The summed E-state index contributed by atoms with van der Waals surface area (Å²) < 4.78 is 5.57. The molecular formula is C12H15NO. The van der Waals surface area contributed by atoms with Gasteiger partial charge in [-0.05, 0) is 24.5 Å². The van der Waals surface area contributed by atoms with Gasteiger partial charge in [0.15, 0.2) is 6.10 Å². The average molecular weight is 189 g/mol. The average Bonchev–Trinajstić information content (AvgIpc) is 2.26. The Hall–Kier alpha value is -1.49. The van der Waals surface area contributed by atoms with E-state index in [0.717, 1.165) is 17.7 Å². The van der Waals surface area contributed by atoms with Gasteiger partial charge in [-0.2, -0.15) is 5.26 Å². The van der Waals surface area contributed by atoms with Gasteiger partial charge >= 0.3 is 0 Å². The van der Waals surface area contributed by atoms with Crippen molar-refractivity contribution in [1.82, 2.24) is 0 Å². The van der Waals surface area contributed by atoms with Crippen LogP contribution in [0.25, 0.3) is 0 Å². The van der Waals surface area contributed by atoms with Gasteiger partial charge in [-0.3, -0.25) is 0 Å². The van der Waals surface area contributed by atoms with Gasteiger partial charge in [-0.1, -0.05) is 32.0 Å². The number of hydrogen-bond acceptors (Lipinski definition) is 2. The summed E-state index contributed by atoms with van der Waals surface area (Å²) in [6, 6.07) is 9.99. The van der Waals surface area contributed by atoms with E-state index < -0.39 is 0 Å². The fourth-order valence-electron chi connectivity index (χ4n) is 1.27. The Bertz CT molecular complexity index is 327. The summed E-state index contributed by atoms with van der Waals surface area (Å²) in [5, 5.41) is 8.78. The van der Waals surface area contributed by atoms with Gasteiger partial charge in [-0.25, -0.2) is 0 Å². The number of para-hydroxylation sites is 1. The zero-order chi connectivity index (χ0) is 10.4. The van der Waals surface area contributed by atoms with E-state index in [0.29, 0.717) is 6.42 Å². The van der Waals surface area contributed by atoms with Gasteiger partial charge in [-0.15, -0.1) is 0 Å². The molecule has 0 N–H and O–H groups in total. The van der Waals surface area contributed by atoms with Crippen LogP contribution in [0.5, 0.6) is 5.75 Å². The molecule has 1 aromatic rings. The number of nitriles is 1. The highest BCUT2D eigenvalue weighted by molar-refractivity contribution is 5.33. The molecule has 14 heavy (non-hydrogen) atoms. The van der Waals surface area contributed by atoms with Crippen molar-refractivity contribution in [2.75, 3.05) is 0 Å². The second kappa shape index (κ2) is 5.29. The summed E-state index contributed by atoms with van der Waals surface area (Å²) in [6.07, 6.45) is 1.31. The molecule has 0 amide bonds. The Labute approximate surface area is 85.1 Å². The molecule has 0 aliphatic heterocycles. The molecule has 1 atom stereocenters. The molecule has 74 valence electrons. The zero-order valence-electron chi connectivity index (χ0n) is 8.66. The van der Waals surface area contributed by atoms with Crippen LogP contribution in [0, 0.1) is 11.3 Å². The van der Waals surface area contributed by atoms with Crippen LogP contribution in [0.2, 0.25) is 0 Å². The molecule has 1 aromatic carbocycles. The number of nitrogens with zero attached hydrogens (tertiary/aromatic N) is 1. The summed E-state index contributed by atoms with van der Waals surface area (Å²) in [4.78, 5) is 0. The summed E-state index contributed by atoms with van der Waals surface area (Å²) >= 11 is 0. The molecule has 0 saturated heterocycles. The first kappa shape index (κ1) is 10.6. The van der Waals surface area contributed by atoms with Crippen LogP contribution in [0.15, 0.2) is 24.3 Å². The van der Waals surface area contributed by atoms with Gasteiger partial charge in [0.05, 0.1) is 0 Å². The lowest BCUT2D eigenvalue weighted by Crippen LogP contribution is -2.13. The Balaban J connectivity index is 2.80. The molecule has 0 fully saturated rings. The Kier molecular flexibility index (Phi) is 4.00. The van der Waals surface area contributed by atoms with Gasteiger partial charge in [0, 0.05) is 0 Å². The number of aryl methyl sites for hydroxylation is 1. The second-order valence-corrected chi connectivity index (χ2v) is 3.11. The lowest BCUT2D eigenvalue weighted by Gasteiger charge is -2.13. The smallest absolute Gasteiger partial charge is 0.184 e. The van der Waals surface area contributed by atoms with Crippen molar-refractivity contribution < 1.29 is 4.74 Å². The van der Waals surface area contributed by atoms with Crippen molar-refractivity contribution in [3.05, 3.63) is 29.8 Å². The van der Waals surface area contributed by atoms with E-state index in [1.807, 2.05) is 31.2 Å². The maximum absolute atomic E-state index is 8.78. The monoisotopic (exact) mass is 189 g/mol. The first-order valence-corrected chi connectivity index (χ1v) is 4.96. The van der Waals surface area contributed by atoms with E-state index in [1.54, 1.807) is 0 Å². The highest BCUT2D eigenvalue weighted by Crippen LogP contribution is 2.20. The van der Waals surface area contributed by atoms with Gasteiger partial charge in [0.2, 0.25) is 0 Å². The predicted molar refractivity (Wildman–Crippen MR) is 56.1 cm³/mol. The third-order valence-electron chi connectivity index (χ3n) is 2.14. The maximum Gasteiger partial charge on any atom is 0.184 e. The molecular weight excluding hydrogens is 174 g/mol. The van der Waals surface area contributed by atoms with Gasteiger partial charge in [0.1, 0.15) is 11.8 Å². The van der Waals surface area contributed by atoms with Crippen molar-refractivity contribution >= 4 is 0 Å². The van der Waals surface area contributed by atoms with Gasteiger partial charge < -0.3 is 4.74 Å². The van der Waals surface area contributed by atoms with Crippen molar-refractivity contribution in [2.45, 2.75) is 32.8 Å². The fourth-order valence-corrected chi connectivity index (χ4v) is 1.27. The molecule has 0 aromatic heterocycles. The van der Waals surface area contributed by atoms with Crippen molar-refractivity contribution in [3.63, 3.8) is 0 Å². The Morgan fingerprint density at radius 1 is 1.36 bits per heavy atom. The highest BCUT2D eigenvalue weighted by atomic mass is 16.5. The normalized spacial score (nSPS) is 11.8. The molecule has 0 saturated carbocycles. The molecule has 2 nitrogen and oxygen atoms in total. The predicted octanol–water partition coefficient (Wildman–Crippen LogP) is 2.93. The Morgan fingerprint density at radius 2 is 2.07 bits per heavy atom. The minimum atomic E-state index is -0.331. The quantitative estimate of drug-likeness (QED) is 0.729. The minimum Gasteiger partial charge on any atom is -0.475 e. The fraction of sp³-hybridized carbons (Fsp3) is 0.417. The van der Waals surface area contributed by atoms with Crippen LogP contribution in [0.1, 0.15) is 25.8 Å². The lowest BCUT2D eigenvalue weighted by atomic mass is 10.1. The van der Waals surface area contributed by atoms with Crippen molar-refractivity contribution in [2.24, 2.45) is 0 Å². The van der Waals surface area contributed by atoms with E-state index in [4.69, 9.17) is 10.00 Å². The highest BCUT2D eigenvalue weighted by Gasteiger charge is 2.08. The van der Waals surface area contributed by atoms with Crippen LogP contribution in [-0.4, -0.2) is 6.10 Å². The van der Waals surface area contributed by atoms with Crippen LogP contribution in [-0.2, 0) is 6.42 Å².